The molecule has 0 bridgehead atoms. The van der Waals surface area contributed by atoms with E-state index in [1.165, 1.54) is 37.9 Å². The molecule has 0 saturated carbocycles. The van der Waals surface area contributed by atoms with Gasteiger partial charge < -0.3 is 4.43 Å². The predicted molar refractivity (Wildman–Crippen MR) is 103 cm³/mol. The normalized spacial score (nSPS) is 13.2. The number of benzene rings is 4. The Morgan fingerprint density at radius 2 is 1.39 bits per heavy atom. The highest BCUT2D eigenvalue weighted by Crippen LogP contribution is 2.36. The summed E-state index contributed by atoms with van der Waals surface area (Å²) in [4.78, 5) is 0. The van der Waals surface area contributed by atoms with Crippen molar-refractivity contribution in [3.8, 4) is 0 Å². The van der Waals surface area contributed by atoms with E-state index in [1.54, 1.807) is 0 Å². The van der Waals surface area contributed by atoms with Crippen LogP contribution in [0.3, 0.4) is 0 Å². The molecule has 0 aliphatic rings. The fourth-order valence-electron chi connectivity index (χ4n) is 3.39. The average Bonchev–Trinajstić information content (AvgIpc) is 2.52. The molecule has 0 saturated heterocycles. The van der Waals surface area contributed by atoms with Gasteiger partial charge in [0.2, 0.25) is 0 Å². The van der Waals surface area contributed by atoms with Crippen LogP contribution in [0, 0.1) is 0 Å². The van der Waals surface area contributed by atoms with Crippen LogP contribution in [0.4, 0.5) is 0 Å². The summed E-state index contributed by atoms with van der Waals surface area (Å²) in [6.45, 7) is 7.54. The van der Waals surface area contributed by atoms with E-state index >= 15 is 0 Å². The van der Waals surface area contributed by atoms with Gasteiger partial charge >= 0.3 is 0 Å². The maximum atomic E-state index is 6.11. The molecule has 0 atom stereocenters. The summed E-state index contributed by atoms with van der Waals surface area (Å²) in [5, 5.41) is 8.42. The second-order valence-electron chi connectivity index (χ2n) is 7.63. The predicted octanol–water partition coefficient (Wildman–Crippen LogP) is 5.40. The molecule has 0 N–H and O–H groups in total. The lowest BCUT2D eigenvalue weighted by molar-refractivity contribution is 0.311. The molecule has 116 valence electrons. The van der Waals surface area contributed by atoms with Crippen LogP contribution in [-0.4, -0.2) is 9.76 Å². The molecule has 0 radical (unpaired) electrons. The standard InChI is InChI=1S/C21H22OSi/c1-21(2,3)23-22-13-17-10-9-16-8-7-14-5-4-6-15-11-12-18(17)20(16)19(14)15/h4-12H,13,23H2,1-3H3. The fourth-order valence-corrected chi connectivity index (χ4v) is 4.32. The van der Waals surface area contributed by atoms with Crippen molar-refractivity contribution in [2.24, 2.45) is 0 Å². The first-order valence-corrected chi connectivity index (χ1v) is 9.54. The van der Waals surface area contributed by atoms with E-state index in [0.29, 0.717) is 5.04 Å². The van der Waals surface area contributed by atoms with Gasteiger partial charge in [-0.2, -0.15) is 0 Å². The highest BCUT2D eigenvalue weighted by Gasteiger charge is 2.13. The Morgan fingerprint density at radius 1 is 0.783 bits per heavy atom. The summed E-state index contributed by atoms with van der Waals surface area (Å²) >= 11 is 0. The molecule has 4 aromatic rings. The first-order chi connectivity index (χ1) is 11.0. The van der Waals surface area contributed by atoms with Gasteiger partial charge in [-0.1, -0.05) is 75.4 Å². The van der Waals surface area contributed by atoms with Crippen LogP contribution in [-0.2, 0) is 11.0 Å². The van der Waals surface area contributed by atoms with Gasteiger partial charge in [0.05, 0.1) is 6.61 Å². The molecule has 0 unspecified atom stereocenters. The zero-order chi connectivity index (χ0) is 16.0. The van der Waals surface area contributed by atoms with Gasteiger partial charge in [0.1, 0.15) is 0 Å². The molecule has 0 aromatic heterocycles. The van der Waals surface area contributed by atoms with Crippen molar-refractivity contribution in [2.45, 2.75) is 32.4 Å². The molecule has 23 heavy (non-hydrogen) atoms. The largest absolute Gasteiger partial charge is 0.419 e. The van der Waals surface area contributed by atoms with Crippen LogP contribution in [0.25, 0.3) is 32.3 Å². The molecular formula is C21H22OSi. The van der Waals surface area contributed by atoms with Gasteiger partial charge in [0.15, 0.2) is 9.76 Å². The average molecular weight is 318 g/mol. The second-order valence-corrected chi connectivity index (χ2v) is 10.5. The lowest BCUT2D eigenvalue weighted by Gasteiger charge is -2.18. The van der Waals surface area contributed by atoms with E-state index in [4.69, 9.17) is 4.43 Å². The highest BCUT2D eigenvalue weighted by atomic mass is 28.2. The highest BCUT2D eigenvalue weighted by molar-refractivity contribution is 6.31. The van der Waals surface area contributed by atoms with E-state index in [-0.39, 0.29) is 0 Å². The smallest absolute Gasteiger partial charge is 0.167 e. The monoisotopic (exact) mass is 318 g/mol. The van der Waals surface area contributed by atoms with E-state index in [2.05, 4.69) is 75.4 Å². The Balaban J connectivity index is 1.86. The number of rotatable bonds is 3. The van der Waals surface area contributed by atoms with Crippen LogP contribution in [0.1, 0.15) is 26.3 Å². The minimum Gasteiger partial charge on any atom is -0.419 e. The Labute approximate surface area is 139 Å². The zero-order valence-corrected chi connectivity index (χ0v) is 15.4. The quantitative estimate of drug-likeness (QED) is 0.363. The molecular weight excluding hydrogens is 296 g/mol. The van der Waals surface area contributed by atoms with Crippen molar-refractivity contribution >= 4 is 42.1 Å². The SMILES string of the molecule is CC(C)(C)[SiH2]OCc1ccc2ccc3cccc4ccc1c2c34. The molecule has 2 heteroatoms. The maximum absolute atomic E-state index is 6.11. The molecule has 0 amide bonds. The summed E-state index contributed by atoms with van der Waals surface area (Å²) in [7, 11) is -0.519. The Hall–Kier alpha value is -1.90. The van der Waals surface area contributed by atoms with E-state index in [0.717, 1.165) is 6.61 Å². The van der Waals surface area contributed by atoms with Crippen molar-refractivity contribution in [3.05, 3.63) is 60.2 Å². The van der Waals surface area contributed by atoms with Crippen molar-refractivity contribution in [3.63, 3.8) is 0 Å². The lowest BCUT2D eigenvalue weighted by Crippen LogP contribution is -2.12. The van der Waals surface area contributed by atoms with Crippen LogP contribution in [0.15, 0.2) is 54.6 Å². The first-order valence-electron chi connectivity index (χ1n) is 8.26. The summed E-state index contributed by atoms with van der Waals surface area (Å²) < 4.78 is 6.11. The molecule has 4 aromatic carbocycles. The lowest BCUT2D eigenvalue weighted by atomic mass is 9.92. The van der Waals surface area contributed by atoms with Crippen molar-refractivity contribution < 1.29 is 4.43 Å². The van der Waals surface area contributed by atoms with Gasteiger partial charge in [0.25, 0.3) is 0 Å². The van der Waals surface area contributed by atoms with Crippen molar-refractivity contribution in [1.29, 1.82) is 0 Å². The zero-order valence-electron chi connectivity index (χ0n) is 14.0. The summed E-state index contributed by atoms with van der Waals surface area (Å²) in [6.07, 6.45) is 0. The maximum Gasteiger partial charge on any atom is 0.167 e. The first kappa shape index (κ1) is 14.7. The third kappa shape index (κ3) is 2.62. The summed E-state index contributed by atoms with van der Waals surface area (Å²) in [6, 6.07) is 20.0. The minimum atomic E-state index is -0.519. The fraction of sp³-hybridized carbons (Fsp3) is 0.238. The van der Waals surface area contributed by atoms with Crippen molar-refractivity contribution in [2.75, 3.05) is 0 Å². The molecule has 0 heterocycles. The second kappa shape index (κ2) is 5.33. The van der Waals surface area contributed by atoms with Crippen LogP contribution in [0.2, 0.25) is 5.04 Å². The van der Waals surface area contributed by atoms with E-state index in [9.17, 15) is 0 Å². The number of hydrogen-bond donors (Lipinski definition) is 0. The number of hydrogen-bond acceptors (Lipinski definition) is 1. The molecule has 0 aliphatic heterocycles. The molecule has 0 fully saturated rings. The molecule has 0 aliphatic carbocycles. The molecule has 1 nitrogen and oxygen atoms in total. The van der Waals surface area contributed by atoms with E-state index in [1.807, 2.05) is 0 Å². The Kier molecular flexibility index (Phi) is 3.40. The molecule has 0 spiro atoms. The van der Waals surface area contributed by atoms with Gasteiger partial charge in [-0.3, -0.25) is 0 Å². The third-order valence-electron chi connectivity index (χ3n) is 4.41. The summed E-state index contributed by atoms with van der Waals surface area (Å²) in [5.41, 5.74) is 1.31. The minimum absolute atomic E-state index is 0.337. The third-order valence-corrected chi connectivity index (χ3v) is 5.69. The van der Waals surface area contributed by atoms with Crippen LogP contribution >= 0.6 is 0 Å². The topological polar surface area (TPSA) is 9.23 Å². The summed E-state index contributed by atoms with van der Waals surface area (Å²) in [5.74, 6) is 0. The van der Waals surface area contributed by atoms with Crippen LogP contribution in [0.5, 0.6) is 0 Å². The van der Waals surface area contributed by atoms with Gasteiger partial charge in [-0.15, -0.1) is 0 Å². The van der Waals surface area contributed by atoms with Crippen molar-refractivity contribution in [1.82, 2.24) is 0 Å². The van der Waals surface area contributed by atoms with E-state index < -0.39 is 9.76 Å². The molecule has 4 rings (SSSR count). The Bertz CT molecular complexity index is 966. The van der Waals surface area contributed by atoms with Gasteiger partial charge in [0, 0.05) is 0 Å². The Morgan fingerprint density at radius 3 is 2.09 bits per heavy atom. The van der Waals surface area contributed by atoms with Crippen LogP contribution < -0.4 is 0 Å². The van der Waals surface area contributed by atoms with Gasteiger partial charge in [-0.05, 0) is 42.9 Å². The van der Waals surface area contributed by atoms with Gasteiger partial charge in [-0.25, -0.2) is 0 Å².